The Balaban J connectivity index is 1.12. The van der Waals surface area contributed by atoms with Crippen molar-refractivity contribution in [2.75, 3.05) is 0 Å². The fourth-order valence-corrected chi connectivity index (χ4v) is 10.4. The Hall–Kier alpha value is -7.08. The van der Waals surface area contributed by atoms with Gasteiger partial charge in [-0.05, 0) is 110 Å². The Morgan fingerprint density at radius 1 is 0.448 bits per heavy atom. The Labute approximate surface area is 399 Å². The predicted octanol–water partition coefficient (Wildman–Crippen LogP) is 17.2. The summed E-state index contributed by atoms with van der Waals surface area (Å²) in [5.41, 5.74) is 15.9. The lowest BCUT2D eigenvalue weighted by atomic mass is 9.79. The Kier molecular flexibility index (Phi) is 10.9. The highest BCUT2D eigenvalue weighted by molar-refractivity contribution is 7.22. The van der Waals surface area contributed by atoms with Gasteiger partial charge in [-0.1, -0.05) is 184 Å². The molecule has 7 aromatic carbocycles. The quantitative estimate of drug-likeness (QED) is 0.173. The lowest BCUT2D eigenvalue weighted by Crippen LogP contribution is -2.17. The van der Waals surface area contributed by atoms with E-state index in [0.29, 0.717) is 11.4 Å². The summed E-state index contributed by atoms with van der Waals surface area (Å²) in [6, 6.07) is 62.6. The minimum Gasteiger partial charge on any atom is -0.507 e. The summed E-state index contributed by atoms with van der Waals surface area (Å²) < 4.78 is 3.48. The first kappa shape index (κ1) is 43.8. The zero-order valence-electron chi connectivity index (χ0n) is 39.9. The predicted molar refractivity (Wildman–Crippen MR) is 285 cm³/mol. The third-order valence-electron chi connectivity index (χ3n) is 13.0. The van der Waals surface area contributed by atoms with Crippen molar-refractivity contribution in [1.82, 2.24) is 14.5 Å². The largest absolute Gasteiger partial charge is 0.507 e. The van der Waals surface area contributed by atoms with Gasteiger partial charge in [0.25, 0.3) is 0 Å². The number of phenols is 1. The van der Waals surface area contributed by atoms with E-state index >= 15 is 0 Å². The van der Waals surface area contributed by atoms with Crippen LogP contribution in [0.1, 0.15) is 79.0 Å². The van der Waals surface area contributed by atoms with Gasteiger partial charge in [0.05, 0.1) is 33.7 Å². The van der Waals surface area contributed by atoms with Gasteiger partial charge in [0.1, 0.15) is 11.6 Å². The van der Waals surface area contributed by atoms with Crippen LogP contribution in [0, 0.1) is 0 Å². The SMILES string of the molecule is CC(C)(C)c1cc(-c2nc3c(-c4cccc(-c5ccc6sc(-c7ccc(-c8ccccc8)cc7C(C)(C)C)cc6c5)n4)cccc3n2-c2ccccc2-c2ccccc2)c(O)c(C(C)(C)C)c1. The van der Waals surface area contributed by atoms with Crippen LogP contribution >= 0.6 is 11.3 Å². The summed E-state index contributed by atoms with van der Waals surface area (Å²) in [6.45, 7) is 20.1. The van der Waals surface area contributed by atoms with Gasteiger partial charge in [-0.2, -0.15) is 0 Å². The Bertz CT molecular complexity index is 3470. The summed E-state index contributed by atoms with van der Waals surface area (Å²) in [4.78, 5) is 12.2. The maximum atomic E-state index is 12.4. The molecule has 67 heavy (non-hydrogen) atoms. The number of pyridine rings is 1. The molecule has 10 aromatic rings. The maximum absolute atomic E-state index is 12.4. The average molecular weight is 892 g/mol. The van der Waals surface area contributed by atoms with Crippen molar-refractivity contribution in [2.24, 2.45) is 0 Å². The van der Waals surface area contributed by atoms with Crippen LogP contribution in [0.25, 0.3) is 93.4 Å². The van der Waals surface area contributed by atoms with Crippen LogP contribution < -0.4 is 0 Å². The van der Waals surface area contributed by atoms with Crippen molar-refractivity contribution in [3.63, 3.8) is 0 Å². The van der Waals surface area contributed by atoms with Gasteiger partial charge in [0.15, 0.2) is 0 Å². The molecular weight excluding hydrogens is 835 g/mol. The number of thiophene rings is 1. The van der Waals surface area contributed by atoms with Crippen molar-refractivity contribution >= 4 is 32.5 Å². The van der Waals surface area contributed by atoms with Gasteiger partial charge in [-0.25, -0.2) is 9.97 Å². The molecule has 0 spiro atoms. The van der Waals surface area contributed by atoms with E-state index < -0.39 is 0 Å². The van der Waals surface area contributed by atoms with E-state index in [1.807, 2.05) is 17.4 Å². The van der Waals surface area contributed by atoms with E-state index in [1.54, 1.807) is 0 Å². The molecule has 0 amide bonds. The molecule has 0 aliphatic heterocycles. The molecule has 0 bridgehead atoms. The highest BCUT2D eigenvalue weighted by Crippen LogP contribution is 2.46. The van der Waals surface area contributed by atoms with E-state index in [1.165, 1.54) is 37.2 Å². The molecule has 4 nitrogen and oxygen atoms in total. The first-order valence-corrected chi connectivity index (χ1v) is 24.1. The number of aromatic nitrogens is 3. The molecule has 0 aliphatic carbocycles. The molecule has 0 fully saturated rings. The van der Waals surface area contributed by atoms with Crippen LogP contribution in [0.2, 0.25) is 0 Å². The van der Waals surface area contributed by atoms with Crippen LogP contribution in [0.4, 0.5) is 0 Å². The fourth-order valence-electron chi connectivity index (χ4n) is 9.34. The van der Waals surface area contributed by atoms with Gasteiger partial charge in [0.2, 0.25) is 0 Å². The lowest BCUT2D eigenvalue weighted by molar-refractivity contribution is 0.446. The molecule has 10 rings (SSSR count). The Morgan fingerprint density at radius 2 is 1.09 bits per heavy atom. The smallest absolute Gasteiger partial charge is 0.149 e. The number of nitrogens with zero attached hydrogens (tertiary/aromatic N) is 3. The molecule has 332 valence electrons. The number of para-hydroxylation sites is 2. The van der Waals surface area contributed by atoms with Crippen LogP contribution in [0.15, 0.2) is 176 Å². The van der Waals surface area contributed by atoms with E-state index in [0.717, 1.165) is 61.5 Å². The van der Waals surface area contributed by atoms with Crippen LogP contribution in [0.5, 0.6) is 5.75 Å². The molecule has 0 aliphatic rings. The first-order chi connectivity index (χ1) is 32.0. The molecule has 1 N–H and O–H groups in total. The highest BCUT2D eigenvalue weighted by Gasteiger charge is 2.29. The Morgan fingerprint density at radius 3 is 1.81 bits per heavy atom. The van der Waals surface area contributed by atoms with Crippen molar-refractivity contribution in [2.45, 2.75) is 78.6 Å². The molecule has 0 saturated heterocycles. The standard InChI is InChI=1S/C62H57N3OS/c1-60(2,3)44-37-48(58(66)50(38-44)62(7,8)9)59-64-57-47(25-18-29-54(57)65(59)53-28-17-16-24-45(53)40-22-14-11-15-23-40)52-27-19-26-51(63-52)42-31-33-55-43(34-42)36-56(67-55)46-32-30-41(35-49(46)61(4,5)6)39-20-12-10-13-21-39/h10-38,66H,1-9H3. The second-order valence-corrected chi connectivity index (χ2v) is 22.0. The second-order valence-electron chi connectivity index (χ2n) is 20.9. The number of imidazole rings is 1. The summed E-state index contributed by atoms with van der Waals surface area (Å²) in [7, 11) is 0. The lowest BCUT2D eigenvalue weighted by Gasteiger charge is -2.27. The number of rotatable bonds is 7. The van der Waals surface area contributed by atoms with Gasteiger partial charge < -0.3 is 5.11 Å². The number of benzene rings is 7. The van der Waals surface area contributed by atoms with Gasteiger partial charge >= 0.3 is 0 Å². The van der Waals surface area contributed by atoms with Crippen LogP contribution in [-0.4, -0.2) is 19.6 Å². The average Bonchev–Trinajstić information content (AvgIpc) is 3.93. The molecule has 0 saturated carbocycles. The van der Waals surface area contributed by atoms with Crippen LogP contribution in [-0.2, 0) is 16.2 Å². The van der Waals surface area contributed by atoms with E-state index in [9.17, 15) is 5.11 Å². The van der Waals surface area contributed by atoms with Gasteiger partial charge in [-0.15, -0.1) is 11.3 Å². The van der Waals surface area contributed by atoms with Crippen molar-refractivity contribution in [3.05, 3.63) is 193 Å². The van der Waals surface area contributed by atoms with E-state index in [2.05, 4.69) is 237 Å². The van der Waals surface area contributed by atoms with Crippen LogP contribution in [0.3, 0.4) is 0 Å². The maximum Gasteiger partial charge on any atom is 0.149 e. The normalized spacial score (nSPS) is 12.3. The molecule has 0 atom stereocenters. The van der Waals surface area contributed by atoms with Gasteiger partial charge in [-0.3, -0.25) is 4.57 Å². The van der Waals surface area contributed by atoms with E-state index in [-0.39, 0.29) is 22.0 Å². The molecular formula is C62H57N3OS. The zero-order valence-corrected chi connectivity index (χ0v) is 40.8. The number of hydrogen-bond acceptors (Lipinski definition) is 4. The topological polar surface area (TPSA) is 50.9 Å². The number of phenolic OH excluding ortho intramolecular Hbond substituents is 1. The summed E-state index contributed by atoms with van der Waals surface area (Å²) in [5, 5.41) is 13.6. The zero-order chi connectivity index (χ0) is 46.8. The monoisotopic (exact) mass is 891 g/mol. The minimum atomic E-state index is -0.314. The van der Waals surface area contributed by atoms with Crippen molar-refractivity contribution < 1.29 is 5.11 Å². The van der Waals surface area contributed by atoms with Crippen molar-refractivity contribution in [1.29, 1.82) is 0 Å². The summed E-state index contributed by atoms with van der Waals surface area (Å²) in [5.74, 6) is 0.931. The molecule has 3 aromatic heterocycles. The number of fused-ring (bicyclic) bond motifs is 2. The molecule has 3 heterocycles. The third kappa shape index (κ3) is 8.27. The summed E-state index contributed by atoms with van der Waals surface area (Å²) >= 11 is 1.84. The number of aromatic hydroxyl groups is 1. The first-order valence-electron chi connectivity index (χ1n) is 23.3. The molecule has 5 heteroatoms. The minimum absolute atomic E-state index is 0.0389. The third-order valence-corrected chi connectivity index (χ3v) is 14.1. The van der Waals surface area contributed by atoms with Gasteiger partial charge in [0, 0.05) is 31.8 Å². The van der Waals surface area contributed by atoms with E-state index in [4.69, 9.17) is 9.97 Å². The number of hydrogen-bond donors (Lipinski definition) is 1. The van der Waals surface area contributed by atoms with Crippen molar-refractivity contribution in [3.8, 4) is 78.0 Å². The molecule has 0 radical (unpaired) electrons. The molecule has 0 unspecified atom stereocenters. The fraction of sp³-hybridized carbons (Fsp3) is 0.194. The summed E-state index contributed by atoms with van der Waals surface area (Å²) in [6.07, 6.45) is 0. The highest BCUT2D eigenvalue weighted by atomic mass is 32.1. The second kappa shape index (κ2) is 16.7.